The molecule has 0 spiro atoms. The molecule has 5 nitrogen and oxygen atoms in total. The number of nitro benzene ring substituents is 1. The fourth-order valence-electron chi connectivity index (χ4n) is 2.27. The van der Waals surface area contributed by atoms with Crippen molar-refractivity contribution in [1.29, 1.82) is 0 Å². The monoisotopic (exact) mass is 337 g/mol. The summed E-state index contributed by atoms with van der Waals surface area (Å²) in [7, 11) is 0. The number of aromatic nitrogens is 2. The molecule has 1 heterocycles. The van der Waals surface area contributed by atoms with E-state index in [0.717, 1.165) is 27.4 Å². The van der Waals surface area contributed by atoms with Gasteiger partial charge in [0.2, 0.25) is 0 Å². The molecule has 0 aliphatic carbocycles. The first-order valence-corrected chi connectivity index (χ1v) is 8.38. The molecular formula is C18H15N3O2S. The Hall–Kier alpha value is -2.73. The Balaban J connectivity index is 1.66. The van der Waals surface area contributed by atoms with E-state index < -0.39 is 4.92 Å². The summed E-state index contributed by atoms with van der Waals surface area (Å²) < 4.78 is 0. The summed E-state index contributed by atoms with van der Waals surface area (Å²) in [5.74, 6) is 0.691. The lowest BCUT2D eigenvalue weighted by molar-refractivity contribution is -0.384. The molecule has 0 unspecified atom stereocenters. The first kappa shape index (κ1) is 16.1. The number of hydrogen-bond donors (Lipinski definition) is 0. The number of nitro groups is 1. The fraction of sp³-hybridized carbons (Fsp3) is 0.111. The molecule has 0 saturated carbocycles. The molecule has 0 radical (unpaired) electrons. The predicted octanol–water partition coefficient (Wildman–Crippen LogP) is 4.65. The maximum atomic E-state index is 10.6. The molecule has 0 aliphatic heterocycles. The molecule has 0 bridgehead atoms. The Kier molecular flexibility index (Phi) is 4.86. The van der Waals surface area contributed by atoms with E-state index in [0.29, 0.717) is 5.75 Å². The van der Waals surface area contributed by atoms with Gasteiger partial charge in [-0.2, -0.15) is 0 Å². The van der Waals surface area contributed by atoms with Crippen LogP contribution in [-0.2, 0) is 5.75 Å². The molecule has 1 aromatic heterocycles. The summed E-state index contributed by atoms with van der Waals surface area (Å²) >= 11 is 1.55. The van der Waals surface area contributed by atoms with Crippen LogP contribution in [0.2, 0.25) is 0 Å². The van der Waals surface area contributed by atoms with E-state index in [1.807, 2.05) is 43.3 Å². The number of aryl methyl sites for hydroxylation is 1. The summed E-state index contributed by atoms with van der Waals surface area (Å²) in [5, 5.41) is 20.0. The Morgan fingerprint density at radius 3 is 2.38 bits per heavy atom. The van der Waals surface area contributed by atoms with Gasteiger partial charge < -0.3 is 0 Å². The van der Waals surface area contributed by atoms with Crippen LogP contribution in [0.1, 0.15) is 11.1 Å². The van der Waals surface area contributed by atoms with Crippen molar-refractivity contribution in [1.82, 2.24) is 10.2 Å². The van der Waals surface area contributed by atoms with Gasteiger partial charge in [-0.3, -0.25) is 10.1 Å². The fourth-order valence-corrected chi connectivity index (χ4v) is 3.04. The van der Waals surface area contributed by atoms with Gasteiger partial charge in [0, 0.05) is 23.4 Å². The lowest BCUT2D eigenvalue weighted by atomic mass is 10.1. The number of rotatable bonds is 5. The molecule has 0 N–H and O–H groups in total. The van der Waals surface area contributed by atoms with Gasteiger partial charge in [-0.15, -0.1) is 10.2 Å². The average Bonchev–Trinajstić information content (AvgIpc) is 2.61. The zero-order valence-corrected chi connectivity index (χ0v) is 13.9. The quantitative estimate of drug-likeness (QED) is 0.385. The van der Waals surface area contributed by atoms with E-state index in [1.54, 1.807) is 23.9 Å². The summed E-state index contributed by atoms with van der Waals surface area (Å²) in [6.45, 7) is 2.05. The van der Waals surface area contributed by atoms with Crippen molar-refractivity contribution in [2.75, 3.05) is 0 Å². The van der Waals surface area contributed by atoms with Crippen molar-refractivity contribution in [2.45, 2.75) is 17.7 Å². The van der Waals surface area contributed by atoms with Gasteiger partial charge in [0.15, 0.2) is 0 Å². The van der Waals surface area contributed by atoms with E-state index >= 15 is 0 Å². The van der Waals surface area contributed by atoms with Crippen LogP contribution in [0.5, 0.6) is 0 Å². The number of nitrogens with zero attached hydrogens (tertiary/aromatic N) is 3. The standard InChI is InChI=1S/C18H15N3O2S/c1-13-4-2-3-5-16(13)17-10-11-18(20-19-17)24-12-14-6-8-15(9-7-14)21(22)23/h2-11H,12H2,1H3. The molecule has 24 heavy (non-hydrogen) atoms. The number of benzene rings is 2. The maximum absolute atomic E-state index is 10.6. The molecule has 3 aromatic rings. The average molecular weight is 337 g/mol. The van der Waals surface area contributed by atoms with E-state index in [1.165, 1.54) is 12.1 Å². The van der Waals surface area contributed by atoms with Crippen LogP contribution in [0.15, 0.2) is 65.7 Å². The third-order valence-corrected chi connectivity index (χ3v) is 4.59. The third-order valence-electron chi connectivity index (χ3n) is 3.59. The summed E-state index contributed by atoms with van der Waals surface area (Å²) in [4.78, 5) is 10.3. The normalized spacial score (nSPS) is 10.5. The van der Waals surface area contributed by atoms with Crippen molar-refractivity contribution in [2.24, 2.45) is 0 Å². The first-order chi connectivity index (χ1) is 11.6. The van der Waals surface area contributed by atoms with Crippen LogP contribution in [0, 0.1) is 17.0 Å². The van der Waals surface area contributed by atoms with Crippen LogP contribution in [-0.4, -0.2) is 15.1 Å². The van der Waals surface area contributed by atoms with Gasteiger partial charge in [0.1, 0.15) is 5.03 Å². The zero-order chi connectivity index (χ0) is 16.9. The Morgan fingerprint density at radius 2 is 1.75 bits per heavy atom. The van der Waals surface area contributed by atoms with Crippen LogP contribution in [0.3, 0.4) is 0 Å². The van der Waals surface area contributed by atoms with Crippen LogP contribution in [0.4, 0.5) is 5.69 Å². The second kappa shape index (κ2) is 7.23. The lowest BCUT2D eigenvalue weighted by Crippen LogP contribution is -1.92. The number of thioether (sulfide) groups is 1. The maximum Gasteiger partial charge on any atom is 0.269 e. The van der Waals surface area contributed by atoms with Gasteiger partial charge in [0.25, 0.3) is 5.69 Å². The third kappa shape index (κ3) is 3.78. The van der Waals surface area contributed by atoms with Crippen molar-refractivity contribution in [3.05, 3.63) is 81.9 Å². The molecule has 3 rings (SSSR count). The molecule has 0 fully saturated rings. The summed E-state index contributed by atoms with van der Waals surface area (Å²) in [6.07, 6.45) is 0. The lowest BCUT2D eigenvalue weighted by Gasteiger charge is -2.05. The molecule has 0 atom stereocenters. The van der Waals surface area contributed by atoms with Gasteiger partial charge in [-0.1, -0.05) is 48.2 Å². The van der Waals surface area contributed by atoms with E-state index in [9.17, 15) is 10.1 Å². The molecule has 2 aromatic carbocycles. The van der Waals surface area contributed by atoms with Gasteiger partial charge >= 0.3 is 0 Å². The van der Waals surface area contributed by atoms with E-state index in [-0.39, 0.29) is 5.69 Å². The van der Waals surface area contributed by atoms with Crippen molar-refractivity contribution >= 4 is 17.4 Å². The predicted molar refractivity (Wildman–Crippen MR) is 94.9 cm³/mol. The summed E-state index contributed by atoms with van der Waals surface area (Å²) in [5.41, 5.74) is 4.21. The van der Waals surface area contributed by atoms with Crippen LogP contribution in [0.25, 0.3) is 11.3 Å². The van der Waals surface area contributed by atoms with Crippen molar-refractivity contribution in [3.8, 4) is 11.3 Å². The topological polar surface area (TPSA) is 68.9 Å². The molecule has 0 aliphatic rings. The molecule has 0 saturated heterocycles. The van der Waals surface area contributed by atoms with Gasteiger partial charge in [0.05, 0.1) is 10.6 Å². The zero-order valence-electron chi connectivity index (χ0n) is 13.0. The molecule has 120 valence electrons. The SMILES string of the molecule is Cc1ccccc1-c1ccc(SCc2ccc([N+](=O)[O-])cc2)nn1. The Morgan fingerprint density at radius 1 is 1.00 bits per heavy atom. The minimum absolute atomic E-state index is 0.103. The minimum atomic E-state index is -0.396. The van der Waals surface area contributed by atoms with E-state index in [4.69, 9.17) is 0 Å². The van der Waals surface area contributed by atoms with Crippen LogP contribution >= 0.6 is 11.8 Å². The molecular weight excluding hydrogens is 322 g/mol. The number of non-ortho nitro benzene ring substituents is 1. The Labute approximate surface area is 143 Å². The molecule has 6 heteroatoms. The minimum Gasteiger partial charge on any atom is -0.258 e. The van der Waals surface area contributed by atoms with Gasteiger partial charge in [-0.05, 0) is 30.2 Å². The summed E-state index contributed by atoms with van der Waals surface area (Å²) in [6, 6.07) is 18.5. The smallest absolute Gasteiger partial charge is 0.258 e. The second-order valence-electron chi connectivity index (χ2n) is 5.28. The highest BCUT2D eigenvalue weighted by atomic mass is 32.2. The highest BCUT2D eigenvalue weighted by molar-refractivity contribution is 7.98. The van der Waals surface area contributed by atoms with Crippen LogP contribution < -0.4 is 0 Å². The molecule has 0 amide bonds. The van der Waals surface area contributed by atoms with E-state index in [2.05, 4.69) is 10.2 Å². The Bertz CT molecular complexity index is 849. The van der Waals surface area contributed by atoms with Gasteiger partial charge in [-0.25, -0.2) is 0 Å². The highest BCUT2D eigenvalue weighted by Gasteiger charge is 2.06. The largest absolute Gasteiger partial charge is 0.269 e. The first-order valence-electron chi connectivity index (χ1n) is 7.39. The second-order valence-corrected chi connectivity index (χ2v) is 6.28. The number of hydrogen-bond acceptors (Lipinski definition) is 5. The highest BCUT2D eigenvalue weighted by Crippen LogP contribution is 2.25. The van der Waals surface area contributed by atoms with Crippen molar-refractivity contribution in [3.63, 3.8) is 0 Å². The van der Waals surface area contributed by atoms with Crippen molar-refractivity contribution < 1.29 is 4.92 Å².